The molecule has 0 atom stereocenters. The van der Waals surface area contributed by atoms with Crippen LogP contribution in [0.2, 0.25) is 5.02 Å². The first-order valence-corrected chi connectivity index (χ1v) is 9.65. The van der Waals surface area contributed by atoms with E-state index < -0.39 is 10.2 Å². The third-order valence-corrected chi connectivity index (χ3v) is 5.08. The zero-order valence-corrected chi connectivity index (χ0v) is 15.0. The molecule has 0 saturated carbocycles. The summed E-state index contributed by atoms with van der Waals surface area (Å²) in [6.45, 7) is 0.174. The van der Waals surface area contributed by atoms with Gasteiger partial charge in [0.2, 0.25) is 0 Å². The first kappa shape index (κ1) is 16.8. The molecule has 2 aromatic carbocycles. The van der Waals surface area contributed by atoms with Crippen molar-refractivity contribution >= 4 is 27.5 Å². The maximum Gasteiger partial charge on any atom is 0.299 e. The van der Waals surface area contributed by atoms with Gasteiger partial charge in [-0.3, -0.25) is 9.71 Å². The van der Waals surface area contributed by atoms with Crippen molar-refractivity contribution in [2.45, 2.75) is 6.54 Å². The molecule has 6 nitrogen and oxygen atoms in total. The third kappa shape index (κ3) is 3.50. The third-order valence-electron chi connectivity index (χ3n) is 3.87. The molecule has 1 aliphatic rings. The predicted octanol–water partition coefficient (Wildman–Crippen LogP) is 3.95. The Hall–Kier alpha value is -2.61. The van der Waals surface area contributed by atoms with Gasteiger partial charge in [-0.2, -0.15) is 13.1 Å². The summed E-state index contributed by atoms with van der Waals surface area (Å²) in [6, 6.07) is 16.3. The van der Waals surface area contributed by atoms with E-state index in [1.165, 1.54) is 0 Å². The number of anilines is 1. The van der Waals surface area contributed by atoms with Crippen molar-refractivity contribution in [2.24, 2.45) is 0 Å². The zero-order valence-electron chi connectivity index (χ0n) is 13.4. The molecule has 3 aromatic rings. The van der Waals surface area contributed by atoms with Gasteiger partial charge in [-0.25, -0.2) is 0 Å². The van der Waals surface area contributed by atoms with Gasteiger partial charge in [0.25, 0.3) is 10.2 Å². The highest BCUT2D eigenvalue weighted by Crippen LogP contribution is 2.36. The lowest BCUT2D eigenvalue weighted by Crippen LogP contribution is -2.34. The molecule has 0 amide bonds. The van der Waals surface area contributed by atoms with Gasteiger partial charge >= 0.3 is 0 Å². The van der Waals surface area contributed by atoms with Crippen molar-refractivity contribution in [3.63, 3.8) is 0 Å². The van der Waals surface area contributed by atoms with E-state index in [1.807, 2.05) is 30.3 Å². The Bertz CT molecular complexity index is 1060. The maximum atomic E-state index is 11.8. The van der Waals surface area contributed by atoms with Gasteiger partial charge in [0.05, 0.1) is 17.6 Å². The van der Waals surface area contributed by atoms with E-state index in [2.05, 4.69) is 14.4 Å². The molecule has 2 N–H and O–H groups in total. The lowest BCUT2D eigenvalue weighted by molar-refractivity contribution is 0.480. The van der Waals surface area contributed by atoms with E-state index >= 15 is 0 Å². The van der Waals surface area contributed by atoms with E-state index in [0.29, 0.717) is 33.5 Å². The van der Waals surface area contributed by atoms with Gasteiger partial charge < -0.3 is 4.74 Å². The summed E-state index contributed by atoms with van der Waals surface area (Å²) in [7, 11) is -3.58. The molecule has 2 heterocycles. The summed E-state index contributed by atoms with van der Waals surface area (Å²) in [5.41, 5.74) is 2.45. The lowest BCUT2D eigenvalue weighted by Gasteiger charge is -2.22. The van der Waals surface area contributed by atoms with Crippen LogP contribution in [0.25, 0.3) is 11.3 Å². The van der Waals surface area contributed by atoms with Crippen molar-refractivity contribution in [1.82, 2.24) is 9.71 Å². The Balaban J connectivity index is 1.69. The van der Waals surface area contributed by atoms with Crippen molar-refractivity contribution in [1.29, 1.82) is 0 Å². The van der Waals surface area contributed by atoms with Crippen LogP contribution in [0.1, 0.15) is 5.56 Å². The zero-order chi connectivity index (χ0) is 18.1. The topological polar surface area (TPSA) is 80.3 Å². The van der Waals surface area contributed by atoms with Crippen molar-refractivity contribution < 1.29 is 13.2 Å². The summed E-state index contributed by atoms with van der Waals surface area (Å²) < 4.78 is 34.4. The average molecular weight is 388 g/mol. The fourth-order valence-corrected chi connectivity index (χ4v) is 3.86. The molecule has 132 valence electrons. The van der Waals surface area contributed by atoms with Crippen LogP contribution in [0, 0.1) is 0 Å². The predicted molar refractivity (Wildman–Crippen MR) is 101 cm³/mol. The van der Waals surface area contributed by atoms with Crippen LogP contribution >= 0.6 is 11.6 Å². The van der Waals surface area contributed by atoms with Crippen LogP contribution in [-0.2, 0) is 16.8 Å². The number of ether oxygens (including phenoxy) is 1. The molecule has 8 heteroatoms. The summed E-state index contributed by atoms with van der Waals surface area (Å²) in [5, 5.41) is 0.507. The minimum absolute atomic E-state index is 0.174. The minimum atomic E-state index is -3.58. The smallest absolute Gasteiger partial charge is 0.299 e. The van der Waals surface area contributed by atoms with Gasteiger partial charge in [0.1, 0.15) is 11.5 Å². The lowest BCUT2D eigenvalue weighted by atomic mass is 10.0. The van der Waals surface area contributed by atoms with Crippen molar-refractivity contribution in [2.75, 3.05) is 4.72 Å². The SMILES string of the molecule is O=S1(=O)NCc2cc(Cl)cc(-c3ccc(Oc4ccccc4)cn3)c2N1. The highest BCUT2D eigenvalue weighted by atomic mass is 35.5. The molecule has 26 heavy (non-hydrogen) atoms. The number of pyridine rings is 1. The quantitative estimate of drug-likeness (QED) is 0.713. The van der Waals surface area contributed by atoms with Crippen LogP contribution in [0.4, 0.5) is 5.69 Å². The van der Waals surface area contributed by atoms with Crippen molar-refractivity contribution in [3.05, 3.63) is 71.4 Å². The number of halogens is 1. The van der Waals surface area contributed by atoms with Crippen molar-refractivity contribution in [3.8, 4) is 22.8 Å². The number of benzene rings is 2. The number of hydrogen-bond acceptors (Lipinski definition) is 4. The maximum absolute atomic E-state index is 11.8. The summed E-state index contributed by atoms with van der Waals surface area (Å²) in [6.07, 6.45) is 1.59. The second kappa shape index (κ2) is 6.60. The molecule has 0 radical (unpaired) electrons. The van der Waals surface area contributed by atoms with Crippen LogP contribution in [0.5, 0.6) is 11.5 Å². The Kier molecular flexibility index (Phi) is 4.28. The molecule has 1 aliphatic heterocycles. The highest BCUT2D eigenvalue weighted by molar-refractivity contribution is 7.90. The standard InChI is InChI=1S/C18H14ClN3O3S/c19-13-8-12-10-21-26(23,24)22-18(12)16(9-13)17-7-6-15(11-20-17)25-14-4-2-1-3-5-14/h1-9,11,21-22H,10H2. The van der Waals surface area contributed by atoms with Crippen LogP contribution in [0.15, 0.2) is 60.8 Å². The molecule has 0 unspecified atom stereocenters. The number of fused-ring (bicyclic) bond motifs is 1. The van der Waals surface area contributed by atoms with Crippen LogP contribution in [0.3, 0.4) is 0 Å². The minimum Gasteiger partial charge on any atom is -0.456 e. The summed E-state index contributed by atoms with van der Waals surface area (Å²) >= 11 is 6.18. The molecular weight excluding hydrogens is 374 g/mol. The second-order valence-corrected chi connectivity index (χ2v) is 7.64. The largest absolute Gasteiger partial charge is 0.456 e. The number of rotatable bonds is 3. The van der Waals surface area contributed by atoms with Gasteiger partial charge in [0.15, 0.2) is 0 Å². The number of aromatic nitrogens is 1. The Morgan fingerprint density at radius 3 is 2.58 bits per heavy atom. The van der Waals surface area contributed by atoms with E-state index in [4.69, 9.17) is 16.3 Å². The molecule has 0 aliphatic carbocycles. The molecular formula is C18H14ClN3O3S. The monoisotopic (exact) mass is 387 g/mol. The Labute approximate surface area is 156 Å². The van der Waals surface area contributed by atoms with Gasteiger partial charge in [-0.1, -0.05) is 29.8 Å². The number of hydrogen-bond donors (Lipinski definition) is 2. The average Bonchev–Trinajstić information content (AvgIpc) is 2.63. The molecule has 4 rings (SSSR count). The fourth-order valence-electron chi connectivity index (χ4n) is 2.69. The molecule has 1 aromatic heterocycles. The summed E-state index contributed by atoms with van der Waals surface area (Å²) in [5.74, 6) is 1.29. The van der Waals surface area contributed by atoms with E-state index in [0.717, 1.165) is 5.56 Å². The normalized spacial score (nSPS) is 15.0. The second-order valence-electron chi connectivity index (χ2n) is 5.71. The first-order chi connectivity index (χ1) is 12.5. The fraction of sp³-hybridized carbons (Fsp3) is 0.0556. The molecule has 0 saturated heterocycles. The number of nitrogens with one attached hydrogen (secondary N) is 2. The molecule has 0 spiro atoms. The Morgan fingerprint density at radius 2 is 1.85 bits per heavy atom. The van der Waals surface area contributed by atoms with Gasteiger partial charge in [-0.15, -0.1) is 0 Å². The van der Waals surface area contributed by atoms with Crippen LogP contribution in [-0.4, -0.2) is 13.4 Å². The van der Waals surface area contributed by atoms with Crippen LogP contribution < -0.4 is 14.2 Å². The Morgan fingerprint density at radius 1 is 1.04 bits per heavy atom. The number of nitrogens with zero attached hydrogens (tertiary/aromatic N) is 1. The van der Waals surface area contributed by atoms with E-state index in [1.54, 1.807) is 30.5 Å². The van der Waals surface area contributed by atoms with E-state index in [9.17, 15) is 8.42 Å². The molecule has 0 fully saturated rings. The van der Waals surface area contributed by atoms with E-state index in [-0.39, 0.29) is 6.54 Å². The van der Waals surface area contributed by atoms with Gasteiger partial charge in [-0.05, 0) is 42.0 Å². The first-order valence-electron chi connectivity index (χ1n) is 7.79. The highest BCUT2D eigenvalue weighted by Gasteiger charge is 2.23. The van der Waals surface area contributed by atoms with Gasteiger partial charge in [0, 0.05) is 17.1 Å². The summed E-state index contributed by atoms with van der Waals surface area (Å²) in [4.78, 5) is 4.40. The number of para-hydroxylation sites is 1. The molecule has 0 bridgehead atoms.